The Hall–Kier alpha value is -1.18. The number of nitrogens with zero attached hydrogens (tertiary/aromatic N) is 1. The van der Waals surface area contributed by atoms with Gasteiger partial charge in [-0.2, -0.15) is 5.11 Å². The summed E-state index contributed by atoms with van der Waals surface area (Å²) >= 11 is 0. The molecule has 0 saturated carbocycles. The van der Waals surface area contributed by atoms with E-state index in [-0.39, 0.29) is 0 Å². The summed E-state index contributed by atoms with van der Waals surface area (Å²) in [5, 5.41) is 3.08. The molecule has 0 rings (SSSR count). The van der Waals surface area contributed by atoms with E-state index in [9.17, 15) is 0 Å². The van der Waals surface area contributed by atoms with Crippen LogP contribution in [0.15, 0.2) is 41.7 Å². The van der Waals surface area contributed by atoms with Gasteiger partial charge in [-0.15, -0.1) is 0 Å². The second-order valence-electron chi connectivity index (χ2n) is 1.70. The van der Waals surface area contributed by atoms with Crippen molar-refractivity contribution in [2.24, 2.45) is 5.11 Å². The molecule has 0 unspecified atom stereocenters. The van der Waals surface area contributed by atoms with Gasteiger partial charge in [0, 0.05) is 0 Å². The summed E-state index contributed by atoms with van der Waals surface area (Å²) < 4.78 is 0. The van der Waals surface area contributed by atoms with E-state index in [0.29, 0.717) is 0 Å². The standard InChI is InChI=1S/C7H10N2/c1-4-7(5-9-8)6(2)3/h4-5,8H,1-2H2,3H3/b7-5-,9-8?. The van der Waals surface area contributed by atoms with Gasteiger partial charge in [0.05, 0.1) is 6.20 Å². The van der Waals surface area contributed by atoms with Crippen LogP contribution >= 0.6 is 0 Å². The number of hydrogen-bond donors (Lipinski definition) is 1. The van der Waals surface area contributed by atoms with Crippen molar-refractivity contribution in [3.8, 4) is 0 Å². The van der Waals surface area contributed by atoms with Gasteiger partial charge in [0.1, 0.15) is 0 Å². The minimum absolute atomic E-state index is 0.810. The molecular weight excluding hydrogens is 112 g/mol. The first kappa shape index (κ1) is 7.82. The van der Waals surface area contributed by atoms with Crippen LogP contribution in [0.1, 0.15) is 6.92 Å². The molecule has 2 nitrogen and oxygen atoms in total. The van der Waals surface area contributed by atoms with E-state index in [1.807, 2.05) is 6.92 Å². The average Bonchev–Trinajstić information content (AvgIpc) is 1.82. The van der Waals surface area contributed by atoms with Crippen molar-refractivity contribution in [3.05, 3.63) is 36.6 Å². The van der Waals surface area contributed by atoms with Gasteiger partial charge in [0.2, 0.25) is 0 Å². The van der Waals surface area contributed by atoms with E-state index in [2.05, 4.69) is 18.3 Å². The van der Waals surface area contributed by atoms with E-state index in [1.165, 1.54) is 6.20 Å². The fraction of sp³-hybridized carbons (Fsp3) is 0.143. The third kappa shape index (κ3) is 2.59. The molecular formula is C7H10N2. The van der Waals surface area contributed by atoms with Gasteiger partial charge in [0.15, 0.2) is 0 Å². The number of allylic oxidation sites excluding steroid dienone is 3. The zero-order valence-electron chi connectivity index (χ0n) is 5.52. The largest absolute Gasteiger partial charge is 0.205 e. The number of hydrogen-bond acceptors (Lipinski definition) is 2. The van der Waals surface area contributed by atoms with Crippen LogP contribution in [0, 0.1) is 5.53 Å². The quantitative estimate of drug-likeness (QED) is 0.441. The molecule has 1 N–H and O–H groups in total. The summed E-state index contributed by atoms with van der Waals surface area (Å²) in [6.45, 7) is 9.04. The van der Waals surface area contributed by atoms with Gasteiger partial charge < -0.3 is 0 Å². The summed E-state index contributed by atoms with van der Waals surface area (Å²) in [5.74, 6) is 0. The molecule has 0 amide bonds. The van der Waals surface area contributed by atoms with E-state index in [0.717, 1.165) is 11.1 Å². The molecule has 48 valence electrons. The predicted octanol–water partition coefficient (Wildman–Crippen LogP) is 2.66. The molecule has 0 aliphatic heterocycles. The Balaban J connectivity index is 4.32. The lowest BCUT2D eigenvalue weighted by atomic mass is 10.1. The van der Waals surface area contributed by atoms with Crippen molar-refractivity contribution in [2.45, 2.75) is 6.92 Å². The van der Waals surface area contributed by atoms with Gasteiger partial charge >= 0.3 is 0 Å². The normalized spacial score (nSPS) is 10.6. The summed E-state index contributed by atoms with van der Waals surface area (Å²) in [6.07, 6.45) is 3.04. The predicted molar refractivity (Wildman–Crippen MR) is 38.2 cm³/mol. The van der Waals surface area contributed by atoms with Crippen molar-refractivity contribution in [1.29, 1.82) is 5.53 Å². The van der Waals surface area contributed by atoms with Crippen molar-refractivity contribution in [3.63, 3.8) is 0 Å². The molecule has 0 aliphatic rings. The highest BCUT2D eigenvalue weighted by Gasteiger charge is 1.87. The minimum Gasteiger partial charge on any atom is -0.205 e. The highest BCUT2D eigenvalue weighted by atomic mass is 14.9. The fourth-order valence-electron chi connectivity index (χ4n) is 0.407. The zero-order valence-corrected chi connectivity index (χ0v) is 5.52. The number of nitrogens with one attached hydrogen (secondary N) is 1. The van der Waals surface area contributed by atoms with Crippen molar-refractivity contribution >= 4 is 0 Å². The SMILES string of the molecule is C=C/C(=C/N=N)C(=C)C. The molecule has 0 aliphatic carbocycles. The third-order valence-corrected chi connectivity index (χ3v) is 0.916. The Labute approximate surface area is 55.1 Å². The first-order valence-corrected chi connectivity index (χ1v) is 2.57. The summed E-state index contributed by atoms with van der Waals surface area (Å²) in [6, 6.07) is 0. The van der Waals surface area contributed by atoms with Gasteiger partial charge in [-0.1, -0.05) is 19.2 Å². The van der Waals surface area contributed by atoms with Crippen molar-refractivity contribution < 1.29 is 0 Å². The summed E-state index contributed by atoms with van der Waals surface area (Å²) in [7, 11) is 0. The van der Waals surface area contributed by atoms with Gasteiger partial charge in [-0.25, -0.2) is 5.53 Å². The Kier molecular flexibility index (Phi) is 3.28. The monoisotopic (exact) mass is 122 g/mol. The van der Waals surface area contributed by atoms with E-state index in [1.54, 1.807) is 6.08 Å². The Morgan fingerprint density at radius 1 is 1.67 bits per heavy atom. The molecule has 0 heterocycles. The van der Waals surface area contributed by atoms with E-state index >= 15 is 0 Å². The molecule has 0 atom stereocenters. The molecule has 2 heteroatoms. The Bertz CT molecular complexity index is 166. The van der Waals surface area contributed by atoms with Gasteiger partial charge in [-0.3, -0.25) is 0 Å². The first-order valence-electron chi connectivity index (χ1n) is 2.57. The summed E-state index contributed by atoms with van der Waals surface area (Å²) in [4.78, 5) is 0. The smallest absolute Gasteiger partial charge is 0.0563 e. The maximum absolute atomic E-state index is 6.49. The van der Waals surface area contributed by atoms with Crippen LogP contribution in [-0.2, 0) is 0 Å². The summed E-state index contributed by atoms with van der Waals surface area (Å²) in [5.41, 5.74) is 8.18. The van der Waals surface area contributed by atoms with Gasteiger partial charge in [0.25, 0.3) is 0 Å². The average molecular weight is 122 g/mol. The molecule has 9 heavy (non-hydrogen) atoms. The van der Waals surface area contributed by atoms with Crippen LogP contribution in [0.4, 0.5) is 0 Å². The maximum atomic E-state index is 6.49. The maximum Gasteiger partial charge on any atom is 0.0563 e. The molecule has 0 aromatic carbocycles. The lowest BCUT2D eigenvalue weighted by Gasteiger charge is -1.93. The second-order valence-corrected chi connectivity index (χ2v) is 1.70. The Morgan fingerprint density at radius 3 is 2.33 bits per heavy atom. The Morgan fingerprint density at radius 2 is 2.22 bits per heavy atom. The molecule has 0 fully saturated rings. The molecule has 0 bridgehead atoms. The third-order valence-electron chi connectivity index (χ3n) is 0.916. The van der Waals surface area contributed by atoms with Crippen LogP contribution in [-0.4, -0.2) is 0 Å². The van der Waals surface area contributed by atoms with Crippen LogP contribution < -0.4 is 0 Å². The van der Waals surface area contributed by atoms with Crippen LogP contribution in [0.5, 0.6) is 0 Å². The highest BCUT2D eigenvalue weighted by molar-refractivity contribution is 5.34. The molecule has 0 saturated heterocycles. The van der Waals surface area contributed by atoms with Crippen molar-refractivity contribution in [1.82, 2.24) is 0 Å². The molecule has 0 aromatic rings. The highest BCUT2D eigenvalue weighted by Crippen LogP contribution is 2.06. The lowest BCUT2D eigenvalue weighted by molar-refractivity contribution is 1.13. The second kappa shape index (κ2) is 3.78. The molecule has 0 radical (unpaired) electrons. The van der Waals surface area contributed by atoms with Gasteiger partial charge in [-0.05, 0) is 18.1 Å². The fourth-order valence-corrected chi connectivity index (χ4v) is 0.407. The minimum atomic E-state index is 0.810. The lowest BCUT2D eigenvalue weighted by Crippen LogP contribution is -1.74. The van der Waals surface area contributed by atoms with Crippen LogP contribution in [0.25, 0.3) is 0 Å². The first-order chi connectivity index (χ1) is 4.22. The van der Waals surface area contributed by atoms with Crippen molar-refractivity contribution in [2.75, 3.05) is 0 Å². The number of rotatable bonds is 3. The molecule has 0 aromatic heterocycles. The van der Waals surface area contributed by atoms with E-state index in [4.69, 9.17) is 5.53 Å². The topological polar surface area (TPSA) is 36.2 Å². The van der Waals surface area contributed by atoms with Crippen LogP contribution in [0.3, 0.4) is 0 Å². The van der Waals surface area contributed by atoms with E-state index < -0.39 is 0 Å². The van der Waals surface area contributed by atoms with Crippen LogP contribution in [0.2, 0.25) is 0 Å². The molecule has 0 spiro atoms. The zero-order chi connectivity index (χ0) is 7.28.